The van der Waals surface area contributed by atoms with E-state index in [9.17, 15) is 19.7 Å². The van der Waals surface area contributed by atoms with Crippen molar-refractivity contribution >= 4 is 17.5 Å². The molecule has 4 rings (SSSR count). The van der Waals surface area contributed by atoms with Crippen LogP contribution in [0.4, 0.5) is 5.69 Å². The molecule has 8 heteroatoms. The maximum atomic E-state index is 13.3. The van der Waals surface area contributed by atoms with Crippen molar-refractivity contribution in [2.45, 2.75) is 25.8 Å². The van der Waals surface area contributed by atoms with E-state index in [0.717, 1.165) is 5.56 Å². The molecule has 1 heterocycles. The molecular formula is C26H25N3O5. The smallest absolute Gasteiger partial charge is 0.270 e. The number of amides is 2. The lowest BCUT2D eigenvalue weighted by Gasteiger charge is -2.32. The second kappa shape index (κ2) is 10.2. The minimum atomic E-state index is -0.531. The first-order valence-corrected chi connectivity index (χ1v) is 11.1. The van der Waals surface area contributed by atoms with E-state index < -0.39 is 4.92 Å². The number of hydrogen-bond donors (Lipinski definition) is 1. The van der Waals surface area contributed by atoms with Crippen molar-refractivity contribution in [3.8, 4) is 11.5 Å². The van der Waals surface area contributed by atoms with Gasteiger partial charge in [0.2, 0.25) is 0 Å². The van der Waals surface area contributed by atoms with E-state index in [1.807, 2.05) is 31.2 Å². The first-order valence-electron chi connectivity index (χ1n) is 11.1. The van der Waals surface area contributed by atoms with E-state index in [1.165, 1.54) is 18.2 Å². The summed E-state index contributed by atoms with van der Waals surface area (Å²) >= 11 is 0. The maximum absolute atomic E-state index is 13.3. The van der Waals surface area contributed by atoms with Gasteiger partial charge in [-0.1, -0.05) is 36.4 Å². The van der Waals surface area contributed by atoms with Crippen molar-refractivity contribution in [3.63, 3.8) is 0 Å². The van der Waals surface area contributed by atoms with Gasteiger partial charge < -0.3 is 15.0 Å². The Morgan fingerprint density at radius 3 is 2.32 bits per heavy atom. The lowest BCUT2D eigenvalue weighted by atomic mass is 10.0. The van der Waals surface area contributed by atoms with Gasteiger partial charge in [-0.05, 0) is 49.6 Å². The monoisotopic (exact) mass is 459 g/mol. The van der Waals surface area contributed by atoms with Gasteiger partial charge in [0.15, 0.2) is 0 Å². The van der Waals surface area contributed by atoms with Gasteiger partial charge in [-0.2, -0.15) is 0 Å². The van der Waals surface area contributed by atoms with Crippen molar-refractivity contribution in [1.29, 1.82) is 0 Å². The number of non-ortho nitro benzene ring substituents is 1. The predicted octanol–water partition coefficient (Wildman–Crippen LogP) is 4.73. The number of nitro groups is 1. The molecule has 1 aliphatic rings. The highest BCUT2D eigenvalue weighted by atomic mass is 16.6. The number of hydrogen-bond acceptors (Lipinski definition) is 5. The number of likely N-dealkylation sites (tertiary alicyclic amines) is 1. The van der Waals surface area contributed by atoms with Crippen LogP contribution >= 0.6 is 0 Å². The number of rotatable bonds is 6. The van der Waals surface area contributed by atoms with Crippen LogP contribution in [-0.2, 0) is 0 Å². The molecule has 0 saturated carbocycles. The Hall–Kier alpha value is -4.20. The van der Waals surface area contributed by atoms with E-state index in [-0.39, 0.29) is 34.9 Å². The summed E-state index contributed by atoms with van der Waals surface area (Å²) in [6, 6.07) is 20.3. The molecule has 0 bridgehead atoms. The molecule has 3 aromatic carbocycles. The van der Waals surface area contributed by atoms with E-state index in [0.29, 0.717) is 37.2 Å². The number of carbonyl (C=O) groups is 2. The van der Waals surface area contributed by atoms with E-state index in [4.69, 9.17) is 4.74 Å². The average Bonchev–Trinajstić information content (AvgIpc) is 2.85. The van der Waals surface area contributed by atoms with Gasteiger partial charge in [0.25, 0.3) is 17.5 Å². The van der Waals surface area contributed by atoms with Gasteiger partial charge in [0.05, 0.1) is 10.5 Å². The zero-order valence-corrected chi connectivity index (χ0v) is 18.8. The summed E-state index contributed by atoms with van der Waals surface area (Å²) in [6.45, 7) is 2.74. The zero-order chi connectivity index (χ0) is 24.1. The van der Waals surface area contributed by atoms with Crippen LogP contribution < -0.4 is 10.1 Å². The molecule has 0 aromatic heterocycles. The highest BCUT2D eigenvalue weighted by Gasteiger charge is 2.28. The Bertz CT molecular complexity index is 1200. The Morgan fingerprint density at radius 2 is 1.65 bits per heavy atom. The SMILES string of the molecule is Cc1ccccc1C(=O)NC1CCN(C(=O)c2cc([N+](=O)[O-])ccc2Oc2ccccc2)CC1. The highest BCUT2D eigenvalue weighted by Crippen LogP contribution is 2.30. The number of nitrogens with one attached hydrogen (secondary N) is 1. The van der Waals surface area contributed by atoms with Crippen molar-refractivity contribution in [1.82, 2.24) is 10.2 Å². The van der Waals surface area contributed by atoms with Crippen LogP contribution in [0.15, 0.2) is 72.8 Å². The molecule has 0 radical (unpaired) electrons. The summed E-state index contributed by atoms with van der Waals surface area (Å²) in [5, 5.41) is 14.4. The number of nitro benzene ring substituents is 1. The minimum Gasteiger partial charge on any atom is -0.457 e. The predicted molar refractivity (Wildman–Crippen MR) is 127 cm³/mol. The summed E-state index contributed by atoms with van der Waals surface area (Å²) in [4.78, 5) is 38.4. The number of aryl methyl sites for hydroxylation is 1. The largest absolute Gasteiger partial charge is 0.457 e. The van der Waals surface area contributed by atoms with Crippen molar-refractivity contribution < 1.29 is 19.2 Å². The van der Waals surface area contributed by atoms with Crippen LogP contribution in [0.25, 0.3) is 0 Å². The fourth-order valence-electron chi connectivity index (χ4n) is 3.99. The van der Waals surface area contributed by atoms with E-state index >= 15 is 0 Å². The summed E-state index contributed by atoms with van der Waals surface area (Å²) in [5.41, 5.74) is 1.51. The van der Waals surface area contributed by atoms with Crippen LogP contribution in [0.1, 0.15) is 39.1 Å². The molecule has 0 atom stereocenters. The molecule has 174 valence electrons. The van der Waals surface area contributed by atoms with Gasteiger partial charge in [-0.15, -0.1) is 0 Å². The maximum Gasteiger partial charge on any atom is 0.270 e. The van der Waals surface area contributed by atoms with Gasteiger partial charge in [0.1, 0.15) is 11.5 Å². The number of nitrogens with zero attached hydrogens (tertiary/aromatic N) is 2. The quantitative estimate of drug-likeness (QED) is 0.424. The molecule has 1 saturated heterocycles. The van der Waals surface area contributed by atoms with Gasteiger partial charge >= 0.3 is 0 Å². The lowest BCUT2D eigenvalue weighted by molar-refractivity contribution is -0.384. The minimum absolute atomic E-state index is 0.0543. The fraction of sp³-hybridized carbons (Fsp3) is 0.231. The molecule has 0 spiro atoms. The number of benzene rings is 3. The molecule has 1 aliphatic heterocycles. The van der Waals surface area contributed by atoms with Crippen molar-refractivity contribution in [2.24, 2.45) is 0 Å². The van der Waals surface area contributed by atoms with Crippen LogP contribution in [0.3, 0.4) is 0 Å². The van der Waals surface area contributed by atoms with E-state index in [2.05, 4.69) is 5.32 Å². The van der Waals surface area contributed by atoms with Crippen LogP contribution in [0.2, 0.25) is 0 Å². The molecule has 3 aromatic rings. The average molecular weight is 460 g/mol. The molecule has 34 heavy (non-hydrogen) atoms. The number of para-hydroxylation sites is 1. The Morgan fingerprint density at radius 1 is 0.971 bits per heavy atom. The van der Waals surface area contributed by atoms with Gasteiger partial charge in [-0.25, -0.2) is 0 Å². The second-order valence-electron chi connectivity index (χ2n) is 8.21. The molecule has 1 N–H and O–H groups in total. The topological polar surface area (TPSA) is 102 Å². The number of carbonyl (C=O) groups excluding carboxylic acids is 2. The Balaban J connectivity index is 1.46. The van der Waals surface area contributed by atoms with Crippen molar-refractivity contribution in [2.75, 3.05) is 13.1 Å². The summed E-state index contributed by atoms with van der Waals surface area (Å²) in [6.07, 6.45) is 1.18. The summed E-state index contributed by atoms with van der Waals surface area (Å²) in [5.74, 6) is 0.332. The zero-order valence-electron chi connectivity index (χ0n) is 18.8. The van der Waals surface area contributed by atoms with Gasteiger partial charge in [0, 0.05) is 36.8 Å². The van der Waals surface area contributed by atoms with E-state index in [1.54, 1.807) is 35.2 Å². The molecule has 0 unspecified atom stereocenters. The Kier molecular flexibility index (Phi) is 6.87. The number of piperidine rings is 1. The molecular weight excluding hydrogens is 434 g/mol. The summed E-state index contributed by atoms with van der Waals surface area (Å²) < 4.78 is 5.86. The first-order chi connectivity index (χ1) is 16.4. The first kappa shape index (κ1) is 23.0. The van der Waals surface area contributed by atoms with Crippen LogP contribution in [0, 0.1) is 17.0 Å². The van der Waals surface area contributed by atoms with Crippen LogP contribution in [0.5, 0.6) is 11.5 Å². The second-order valence-corrected chi connectivity index (χ2v) is 8.21. The third-order valence-corrected chi connectivity index (χ3v) is 5.88. The molecule has 0 aliphatic carbocycles. The normalized spacial score (nSPS) is 13.9. The number of ether oxygens (including phenoxy) is 1. The summed E-state index contributed by atoms with van der Waals surface area (Å²) in [7, 11) is 0. The highest BCUT2D eigenvalue weighted by molar-refractivity contribution is 5.98. The van der Waals surface area contributed by atoms with Crippen LogP contribution in [-0.4, -0.2) is 40.8 Å². The Labute approximate surface area is 197 Å². The third kappa shape index (κ3) is 5.23. The van der Waals surface area contributed by atoms with Crippen molar-refractivity contribution in [3.05, 3.63) is 99.6 Å². The molecule has 2 amide bonds. The third-order valence-electron chi connectivity index (χ3n) is 5.88. The standard InChI is InChI=1S/C26H25N3O5/c1-18-7-5-6-10-22(18)25(30)27-19-13-15-28(16-14-19)26(31)23-17-20(29(32)33)11-12-24(23)34-21-8-3-2-4-9-21/h2-12,17,19H,13-16H2,1H3,(H,27,30). The van der Waals surface area contributed by atoms with Gasteiger partial charge in [-0.3, -0.25) is 19.7 Å². The fourth-order valence-corrected chi connectivity index (χ4v) is 3.99. The lowest BCUT2D eigenvalue weighted by Crippen LogP contribution is -2.46. The molecule has 8 nitrogen and oxygen atoms in total. The molecule has 1 fully saturated rings.